The molecule has 148 valence electrons. The number of amides is 1. The van der Waals surface area contributed by atoms with Crippen molar-refractivity contribution in [1.82, 2.24) is 9.88 Å². The first kappa shape index (κ1) is 18.7. The number of rotatable bonds is 5. The predicted octanol–water partition coefficient (Wildman–Crippen LogP) is 3.66. The van der Waals surface area contributed by atoms with E-state index >= 15 is 0 Å². The Balaban J connectivity index is 1.44. The number of carboxylic acids is 1. The molecule has 7 heteroatoms. The minimum atomic E-state index is -0.930. The third kappa shape index (κ3) is 3.53. The number of halogens is 1. The van der Waals surface area contributed by atoms with Crippen molar-refractivity contribution in [3.05, 3.63) is 42.2 Å². The lowest BCUT2D eigenvalue weighted by Crippen LogP contribution is -2.46. The van der Waals surface area contributed by atoms with Crippen LogP contribution >= 0.6 is 0 Å². The van der Waals surface area contributed by atoms with Gasteiger partial charge in [-0.15, -0.1) is 0 Å². The highest BCUT2D eigenvalue weighted by atomic mass is 19.1. The summed E-state index contributed by atoms with van der Waals surface area (Å²) in [5.74, 6) is -0.553. The first-order valence-corrected chi connectivity index (χ1v) is 9.78. The van der Waals surface area contributed by atoms with E-state index in [1.165, 1.54) is 12.3 Å². The maximum atomic E-state index is 13.9. The van der Waals surface area contributed by atoms with Gasteiger partial charge in [-0.05, 0) is 37.3 Å². The van der Waals surface area contributed by atoms with Gasteiger partial charge in [0.1, 0.15) is 11.9 Å². The standard InChI is InChI=1S/C21H23FN2O4/c22-15-7-3-2-6-14(15)18-12-23-19(28-18)9-10-20(25)24-16-8-4-1-5-13(16)11-17(24)21(26)27/h2-3,6-7,12-13,16-17H,1,4-5,8-11H2,(H,26,27)/t13-,16+,17+/m1/s1. The van der Waals surface area contributed by atoms with E-state index in [0.29, 0.717) is 23.6 Å². The van der Waals surface area contributed by atoms with Crippen molar-refractivity contribution in [2.45, 2.75) is 57.0 Å². The van der Waals surface area contributed by atoms with E-state index in [2.05, 4.69) is 4.98 Å². The van der Waals surface area contributed by atoms with Crippen LogP contribution in [0.3, 0.4) is 0 Å². The molecule has 1 saturated heterocycles. The third-order valence-electron chi connectivity index (χ3n) is 5.91. The molecule has 1 aromatic carbocycles. The molecular formula is C21H23FN2O4. The van der Waals surface area contributed by atoms with Crippen molar-refractivity contribution in [3.63, 3.8) is 0 Å². The summed E-state index contributed by atoms with van der Waals surface area (Å²) in [6.45, 7) is 0. The minimum absolute atomic E-state index is 0.0286. The molecule has 4 rings (SSSR count). The van der Waals surface area contributed by atoms with Crippen LogP contribution < -0.4 is 0 Å². The van der Waals surface area contributed by atoms with Crippen LogP contribution in [0.2, 0.25) is 0 Å². The number of likely N-dealkylation sites (tertiary alicyclic amines) is 1. The maximum absolute atomic E-state index is 13.9. The quantitative estimate of drug-likeness (QED) is 0.848. The number of benzene rings is 1. The number of hydrogen-bond acceptors (Lipinski definition) is 4. The topological polar surface area (TPSA) is 83.6 Å². The average Bonchev–Trinajstić information content (AvgIpc) is 3.31. The number of fused-ring (bicyclic) bond motifs is 1. The maximum Gasteiger partial charge on any atom is 0.326 e. The lowest BCUT2D eigenvalue weighted by Gasteiger charge is -2.33. The molecule has 0 bridgehead atoms. The van der Waals surface area contributed by atoms with Crippen LogP contribution in [0.25, 0.3) is 11.3 Å². The van der Waals surface area contributed by atoms with Gasteiger partial charge in [-0.2, -0.15) is 0 Å². The van der Waals surface area contributed by atoms with E-state index in [0.717, 1.165) is 25.7 Å². The van der Waals surface area contributed by atoms with Crippen molar-refractivity contribution in [2.75, 3.05) is 0 Å². The summed E-state index contributed by atoms with van der Waals surface area (Å²) >= 11 is 0. The van der Waals surface area contributed by atoms with Crippen LogP contribution in [0, 0.1) is 11.7 Å². The Bertz CT molecular complexity index is 881. The molecule has 1 amide bonds. The molecule has 1 aliphatic carbocycles. The summed E-state index contributed by atoms with van der Waals surface area (Å²) in [6, 6.07) is 5.56. The molecule has 1 N–H and O–H groups in total. The Morgan fingerprint density at radius 1 is 1.25 bits per heavy atom. The van der Waals surface area contributed by atoms with Crippen LogP contribution in [0.5, 0.6) is 0 Å². The van der Waals surface area contributed by atoms with Gasteiger partial charge in [0.25, 0.3) is 0 Å². The molecule has 2 aliphatic rings. The second kappa shape index (κ2) is 7.73. The molecule has 0 radical (unpaired) electrons. The Kier molecular flexibility index (Phi) is 5.15. The Hall–Kier alpha value is -2.70. The van der Waals surface area contributed by atoms with Gasteiger partial charge in [-0.1, -0.05) is 25.0 Å². The van der Waals surface area contributed by atoms with Gasteiger partial charge in [0.15, 0.2) is 11.7 Å². The van der Waals surface area contributed by atoms with Gasteiger partial charge in [0, 0.05) is 18.9 Å². The van der Waals surface area contributed by atoms with Gasteiger partial charge in [0.2, 0.25) is 5.91 Å². The summed E-state index contributed by atoms with van der Waals surface area (Å²) in [5, 5.41) is 9.56. The molecule has 1 aromatic heterocycles. The zero-order valence-corrected chi connectivity index (χ0v) is 15.5. The molecule has 28 heavy (non-hydrogen) atoms. The number of carboxylic acid groups (broad SMARTS) is 1. The monoisotopic (exact) mass is 386 g/mol. The number of carbonyl (C=O) groups excluding carboxylic acids is 1. The number of carbonyl (C=O) groups is 2. The van der Waals surface area contributed by atoms with Crippen molar-refractivity contribution < 1.29 is 23.5 Å². The molecule has 0 unspecified atom stereocenters. The lowest BCUT2D eigenvalue weighted by atomic mass is 9.84. The first-order valence-electron chi connectivity index (χ1n) is 9.78. The van der Waals surface area contributed by atoms with Crippen LogP contribution in [0.4, 0.5) is 4.39 Å². The molecule has 2 fully saturated rings. The second-order valence-electron chi connectivity index (χ2n) is 7.60. The van der Waals surface area contributed by atoms with Gasteiger partial charge in [-0.3, -0.25) is 4.79 Å². The predicted molar refractivity (Wildman–Crippen MR) is 98.9 cm³/mol. The molecule has 1 saturated carbocycles. The van der Waals surface area contributed by atoms with Crippen molar-refractivity contribution in [1.29, 1.82) is 0 Å². The summed E-state index contributed by atoms with van der Waals surface area (Å²) in [5.41, 5.74) is 0.322. The number of aryl methyl sites for hydroxylation is 1. The summed E-state index contributed by atoms with van der Waals surface area (Å²) in [4.78, 5) is 30.3. The van der Waals surface area contributed by atoms with Crippen LogP contribution in [-0.2, 0) is 16.0 Å². The number of oxazole rings is 1. The van der Waals surface area contributed by atoms with E-state index in [1.54, 1.807) is 23.1 Å². The third-order valence-corrected chi connectivity index (χ3v) is 5.91. The largest absolute Gasteiger partial charge is 0.480 e. The summed E-state index contributed by atoms with van der Waals surface area (Å²) < 4.78 is 19.5. The van der Waals surface area contributed by atoms with Crippen LogP contribution in [-0.4, -0.2) is 39.0 Å². The Morgan fingerprint density at radius 3 is 2.82 bits per heavy atom. The molecular weight excluding hydrogens is 363 g/mol. The SMILES string of the molecule is O=C(O)[C@@H]1C[C@H]2CCCC[C@@H]2N1C(=O)CCc1ncc(-c2ccccc2F)o1. The smallest absolute Gasteiger partial charge is 0.326 e. The fourth-order valence-corrected chi connectivity index (χ4v) is 4.59. The van der Waals surface area contributed by atoms with Crippen LogP contribution in [0.1, 0.15) is 44.4 Å². The zero-order valence-electron chi connectivity index (χ0n) is 15.5. The lowest BCUT2D eigenvalue weighted by molar-refractivity contribution is -0.149. The molecule has 6 nitrogen and oxygen atoms in total. The Labute approximate surface area is 162 Å². The van der Waals surface area contributed by atoms with E-state index in [-0.39, 0.29) is 30.7 Å². The van der Waals surface area contributed by atoms with Crippen molar-refractivity contribution in [2.24, 2.45) is 5.92 Å². The molecule has 3 atom stereocenters. The highest BCUT2D eigenvalue weighted by molar-refractivity contribution is 5.85. The van der Waals surface area contributed by atoms with E-state index < -0.39 is 17.8 Å². The van der Waals surface area contributed by atoms with E-state index in [1.807, 2.05) is 0 Å². The molecule has 1 aliphatic heterocycles. The van der Waals surface area contributed by atoms with E-state index in [9.17, 15) is 19.1 Å². The Morgan fingerprint density at radius 2 is 2.04 bits per heavy atom. The van der Waals surface area contributed by atoms with Gasteiger partial charge >= 0.3 is 5.97 Å². The van der Waals surface area contributed by atoms with E-state index in [4.69, 9.17) is 4.42 Å². The second-order valence-corrected chi connectivity index (χ2v) is 7.60. The average molecular weight is 386 g/mol. The highest BCUT2D eigenvalue weighted by Crippen LogP contribution is 2.40. The number of nitrogens with zero attached hydrogens (tertiary/aromatic N) is 2. The minimum Gasteiger partial charge on any atom is -0.480 e. The fraction of sp³-hybridized carbons (Fsp3) is 0.476. The number of aliphatic carboxylic acids is 1. The van der Waals surface area contributed by atoms with Crippen LogP contribution in [0.15, 0.2) is 34.9 Å². The van der Waals surface area contributed by atoms with Crippen molar-refractivity contribution >= 4 is 11.9 Å². The van der Waals surface area contributed by atoms with Gasteiger partial charge in [-0.25, -0.2) is 14.2 Å². The summed E-state index contributed by atoms with van der Waals surface area (Å²) in [6.07, 6.45) is 6.37. The van der Waals surface area contributed by atoms with Gasteiger partial charge in [0.05, 0.1) is 11.8 Å². The molecule has 2 heterocycles. The zero-order chi connectivity index (χ0) is 19.7. The normalized spacial score (nSPS) is 24.2. The first-order chi connectivity index (χ1) is 13.5. The fourth-order valence-electron chi connectivity index (χ4n) is 4.59. The number of aromatic nitrogens is 1. The molecule has 2 aromatic rings. The van der Waals surface area contributed by atoms with Gasteiger partial charge < -0.3 is 14.4 Å². The molecule has 0 spiro atoms. The summed E-state index contributed by atoms with van der Waals surface area (Å²) in [7, 11) is 0. The number of hydrogen-bond donors (Lipinski definition) is 1. The van der Waals surface area contributed by atoms with Crippen molar-refractivity contribution in [3.8, 4) is 11.3 Å². The highest BCUT2D eigenvalue weighted by Gasteiger charge is 2.47.